The molecule has 1 saturated heterocycles. The van der Waals surface area contributed by atoms with Crippen LogP contribution in [0.5, 0.6) is 0 Å². The van der Waals surface area contributed by atoms with E-state index in [2.05, 4.69) is 14.5 Å². The van der Waals surface area contributed by atoms with E-state index in [-0.39, 0.29) is 11.6 Å². The van der Waals surface area contributed by atoms with E-state index in [0.29, 0.717) is 19.2 Å². The Morgan fingerprint density at radius 2 is 2.08 bits per heavy atom. The molecule has 1 aliphatic heterocycles. The van der Waals surface area contributed by atoms with Crippen LogP contribution in [-0.2, 0) is 6.54 Å². The third-order valence-electron chi connectivity index (χ3n) is 4.98. The minimum absolute atomic E-state index is 0.134. The van der Waals surface area contributed by atoms with Gasteiger partial charge in [-0.05, 0) is 31.6 Å². The number of likely N-dealkylation sites (tertiary alicyclic amines) is 1. The molecule has 7 heteroatoms. The average molecular weight is 346 g/mol. The first-order valence-corrected chi connectivity index (χ1v) is 8.73. The maximum Gasteiger partial charge on any atom is 0.275 e. The first kappa shape index (κ1) is 16.2. The van der Waals surface area contributed by atoms with Gasteiger partial charge in [-0.1, -0.05) is 0 Å². The number of hydrogen-bond acceptors (Lipinski definition) is 3. The van der Waals surface area contributed by atoms with E-state index in [0.717, 1.165) is 37.3 Å². The number of imidazole rings is 1. The van der Waals surface area contributed by atoms with Crippen LogP contribution in [-0.4, -0.2) is 38.4 Å². The van der Waals surface area contributed by atoms with Crippen LogP contribution in [0.4, 0.5) is 8.78 Å². The van der Waals surface area contributed by atoms with Crippen LogP contribution < -0.4 is 0 Å². The molecule has 1 saturated carbocycles. The third-order valence-corrected chi connectivity index (χ3v) is 4.98. The molecule has 0 bridgehead atoms. The van der Waals surface area contributed by atoms with Crippen LogP contribution in [0, 0.1) is 17.6 Å². The molecule has 4 rings (SSSR count). The van der Waals surface area contributed by atoms with Crippen molar-refractivity contribution in [2.45, 2.75) is 38.1 Å². The van der Waals surface area contributed by atoms with Gasteiger partial charge < -0.3 is 9.47 Å². The Balaban J connectivity index is 1.50. The van der Waals surface area contributed by atoms with Gasteiger partial charge in [-0.25, -0.2) is 18.7 Å². The fourth-order valence-electron chi connectivity index (χ4n) is 3.51. The fourth-order valence-corrected chi connectivity index (χ4v) is 3.51. The van der Waals surface area contributed by atoms with E-state index in [1.165, 1.54) is 12.8 Å². The molecule has 5 nitrogen and oxygen atoms in total. The summed E-state index contributed by atoms with van der Waals surface area (Å²) in [6.07, 6.45) is 8.99. The van der Waals surface area contributed by atoms with Crippen molar-refractivity contribution >= 4 is 5.91 Å². The molecule has 0 aromatic carbocycles. The lowest BCUT2D eigenvalue weighted by Crippen LogP contribution is -2.40. The smallest absolute Gasteiger partial charge is 0.275 e. The highest BCUT2D eigenvalue weighted by Crippen LogP contribution is 2.33. The molecule has 0 spiro atoms. The number of hydrogen-bond donors (Lipinski definition) is 0. The van der Waals surface area contributed by atoms with E-state index in [4.69, 9.17) is 0 Å². The summed E-state index contributed by atoms with van der Waals surface area (Å²) >= 11 is 0. The number of rotatable bonds is 4. The summed E-state index contributed by atoms with van der Waals surface area (Å²) in [6, 6.07) is 0.698. The molecule has 2 aromatic heterocycles. The minimum atomic E-state index is -0.914. The number of pyridine rings is 1. The van der Waals surface area contributed by atoms with Gasteiger partial charge in [0.2, 0.25) is 0 Å². The monoisotopic (exact) mass is 346 g/mol. The second kappa shape index (κ2) is 6.54. The molecule has 1 amide bonds. The van der Waals surface area contributed by atoms with Crippen LogP contribution in [0.25, 0.3) is 0 Å². The van der Waals surface area contributed by atoms with Crippen molar-refractivity contribution in [1.82, 2.24) is 19.4 Å². The zero-order valence-corrected chi connectivity index (χ0v) is 13.9. The Kier molecular flexibility index (Phi) is 4.23. The van der Waals surface area contributed by atoms with Gasteiger partial charge in [0.05, 0.1) is 6.20 Å². The Morgan fingerprint density at radius 1 is 1.24 bits per heavy atom. The maximum atomic E-state index is 13.9. The van der Waals surface area contributed by atoms with Gasteiger partial charge in [0.1, 0.15) is 11.6 Å². The first-order valence-electron chi connectivity index (χ1n) is 8.73. The number of carbonyl (C=O) groups is 1. The predicted octanol–water partition coefficient (Wildman–Crippen LogP) is 2.99. The second-order valence-electron chi connectivity index (χ2n) is 6.96. The van der Waals surface area contributed by atoms with Crippen molar-refractivity contribution in [2.24, 2.45) is 5.92 Å². The summed E-state index contributed by atoms with van der Waals surface area (Å²) in [5.74, 6) is -0.309. The third kappa shape index (κ3) is 3.41. The predicted molar refractivity (Wildman–Crippen MR) is 87.0 cm³/mol. The van der Waals surface area contributed by atoms with Gasteiger partial charge >= 0.3 is 0 Å². The number of carbonyl (C=O) groups excluding carboxylic acids is 1. The highest BCUT2D eigenvalue weighted by atomic mass is 19.1. The van der Waals surface area contributed by atoms with Crippen molar-refractivity contribution < 1.29 is 13.6 Å². The van der Waals surface area contributed by atoms with Crippen LogP contribution in [0.3, 0.4) is 0 Å². The second-order valence-corrected chi connectivity index (χ2v) is 6.96. The van der Waals surface area contributed by atoms with Crippen LogP contribution in [0.1, 0.15) is 47.9 Å². The molecule has 0 N–H and O–H groups in total. The lowest BCUT2D eigenvalue weighted by molar-refractivity contribution is 0.0691. The number of halogens is 2. The van der Waals surface area contributed by atoms with Crippen molar-refractivity contribution in [3.05, 3.63) is 47.8 Å². The van der Waals surface area contributed by atoms with Gasteiger partial charge in [0.15, 0.2) is 11.5 Å². The van der Waals surface area contributed by atoms with Gasteiger partial charge in [0, 0.05) is 44.0 Å². The molecule has 2 fully saturated rings. The molecule has 1 aliphatic carbocycles. The molecule has 2 aromatic rings. The molecule has 0 radical (unpaired) electrons. The van der Waals surface area contributed by atoms with E-state index in [9.17, 15) is 13.6 Å². The normalized spacial score (nSPS) is 20.7. The molecule has 3 heterocycles. The largest absolute Gasteiger partial charge is 0.336 e. The minimum Gasteiger partial charge on any atom is -0.336 e. The zero-order valence-electron chi connectivity index (χ0n) is 13.9. The summed E-state index contributed by atoms with van der Waals surface area (Å²) < 4.78 is 29.1. The lowest BCUT2D eigenvalue weighted by atomic mass is 9.96. The Hall–Kier alpha value is -2.31. The quantitative estimate of drug-likeness (QED) is 0.855. The molecule has 25 heavy (non-hydrogen) atoms. The molecular formula is C18H20F2N4O. The standard InChI is InChI=1S/C18H20F2N4O/c19-14-8-15(20)16(22-9-14)18(25)24-6-1-2-13(11-24)17-21-5-7-23(17)10-12-3-4-12/h5,7-9,12-13H,1-4,6,10-11H2/t13-/m1/s1. The molecule has 1 atom stereocenters. The van der Waals surface area contributed by atoms with Crippen molar-refractivity contribution in [3.8, 4) is 0 Å². The van der Waals surface area contributed by atoms with Gasteiger partial charge in [-0.2, -0.15) is 0 Å². The number of aromatic nitrogens is 3. The van der Waals surface area contributed by atoms with E-state index < -0.39 is 17.5 Å². The Bertz CT molecular complexity index is 787. The van der Waals surface area contributed by atoms with Crippen molar-refractivity contribution in [2.75, 3.05) is 13.1 Å². The molecule has 0 unspecified atom stereocenters. The van der Waals surface area contributed by atoms with Crippen LogP contribution >= 0.6 is 0 Å². The van der Waals surface area contributed by atoms with Gasteiger partial charge in [-0.15, -0.1) is 0 Å². The summed E-state index contributed by atoms with van der Waals surface area (Å²) in [5.41, 5.74) is -0.316. The molecular weight excluding hydrogens is 326 g/mol. The van der Waals surface area contributed by atoms with Crippen molar-refractivity contribution in [3.63, 3.8) is 0 Å². The van der Waals surface area contributed by atoms with Crippen LogP contribution in [0.15, 0.2) is 24.7 Å². The first-order chi connectivity index (χ1) is 12.1. The highest BCUT2D eigenvalue weighted by Gasteiger charge is 2.31. The van der Waals surface area contributed by atoms with E-state index in [1.807, 2.05) is 6.20 Å². The summed E-state index contributed by atoms with van der Waals surface area (Å²) in [5, 5.41) is 0. The van der Waals surface area contributed by atoms with Crippen LogP contribution in [0.2, 0.25) is 0 Å². The maximum absolute atomic E-state index is 13.9. The van der Waals surface area contributed by atoms with Crippen molar-refractivity contribution in [1.29, 1.82) is 0 Å². The lowest BCUT2D eigenvalue weighted by Gasteiger charge is -2.32. The molecule has 132 valence electrons. The number of amides is 1. The van der Waals surface area contributed by atoms with E-state index in [1.54, 1.807) is 11.1 Å². The number of piperidine rings is 1. The average Bonchev–Trinajstić information content (AvgIpc) is 3.30. The number of nitrogens with zero attached hydrogens (tertiary/aromatic N) is 4. The SMILES string of the molecule is O=C(c1ncc(F)cc1F)N1CCC[C@@H](c2nccn2CC2CC2)C1. The van der Waals surface area contributed by atoms with E-state index >= 15 is 0 Å². The Labute approximate surface area is 144 Å². The zero-order chi connectivity index (χ0) is 17.4. The highest BCUT2D eigenvalue weighted by molar-refractivity contribution is 5.92. The summed E-state index contributed by atoms with van der Waals surface area (Å²) in [7, 11) is 0. The molecule has 2 aliphatic rings. The topological polar surface area (TPSA) is 51.0 Å². The Morgan fingerprint density at radius 3 is 2.84 bits per heavy atom. The summed E-state index contributed by atoms with van der Waals surface area (Å²) in [4.78, 5) is 22.3. The van der Waals surface area contributed by atoms with Gasteiger partial charge in [-0.3, -0.25) is 4.79 Å². The fraction of sp³-hybridized carbons (Fsp3) is 0.500. The van der Waals surface area contributed by atoms with Gasteiger partial charge in [0.25, 0.3) is 5.91 Å². The summed E-state index contributed by atoms with van der Waals surface area (Å²) in [6.45, 7) is 2.02.